The van der Waals surface area contributed by atoms with Crippen molar-refractivity contribution in [3.8, 4) is 5.75 Å². The third-order valence-electron chi connectivity index (χ3n) is 5.52. The summed E-state index contributed by atoms with van der Waals surface area (Å²) in [5, 5.41) is 0.911. The number of hydrogen-bond acceptors (Lipinski definition) is 4. The van der Waals surface area contributed by atoms with Crippen molar-refractivity contribution in [3.05, 3.63) is 40.2 Å². The van der Waals surface area contributed by atoms with E-state index in [-0.39, 0.29) is 18.1 Å². The zero-order valence-electron chi connectivity index (χ0n) is 14.5. The Balaban J connectivity index is 1.47. The number of carbonyl (C=O) groups excluding carboxylic acids is 1. The van der Waals surface area contributed by atoms with Gasteiger partial charge in [-0.2, -0.15) is 0 Å². The first-order valence-corrected chi connectivity index (χ1v) is 9.13. The Labute approximate surface area is 146 Å². The highest BCUT2D eigenvalue weighted by atomic mass is 16.5. The summed E-state index contributed by atoms with van der Waals surface area (Å²) in [5.74, 6) is 1.28. The summed E-state index contributed by atoms with van der Waals surface area (Å²) in [4.78, 5) is 26.2. The first-order chi connectivity index (χ1) is 12.1. The van der Waals surface area contributed by atoms with E-state index in [4.69, 9.17) is 9.15 Å². The van der Waals surface area contributed by atoms with Crippen LogP contribution in [0.3, 0.4) is 0 Å². The molecule has 5 heteroatoms. The molecule has 1 saturated heterocycles. The van der Waals surface area contributed by atoms with Gasteiger partial charge in [-0.1, -0.05) is 13.3 Å². The van der Waals surface area contributed by atoms with Crippen molar-refractivity contribution in [1.82, 2.24) is 4.90 Å². The minimum absolute atomic E-state index is 0.0342. The maximum atomic E-state index is 12.5. The van der Waals surface area contributed by atoms with E-state index in [9.17, 15) is 9.59 Å². The largest absolute Gasteiger partial charge is 0.484 e. The molecule has 0 N–H and O–H groups in total. The number of carbonyl (C=O) groups is 1. The van der Waals surface area contributed by atoms with Gasteiger partial charge in [0.25, 0.3) is 5.91 Å². The van der Waals surface area contributed by atoms with E-state index in [0.29, 0.717) is 23.3 Å². The fraction of sp³-hybridized carbons (Fsp3) is 0.500. The highest BCUT2D eigenvalue weighted by Gasteiger charge is 2.37. The number of amides is 1. The predicted octanol–water partition coefficient (Wildman–Crippen LogP) is 3.14. The minimum atomic E-state index is -0.359. The van der Waals surface area contributed by atoms with Gasteiger partial charge in [0, 0.05) is 30.1 Å². The third kappa shape index (κ3) is 3.15. The van der Waals surface area contributed by atoms with Crippen LogP contribution in [-0.2, 0) is 11.2 Å². The zero-order valence-corrected chi connectivity index (χ0v) is 14.5. The van der Waals surface area contributed by atoms with E-state index in [1.54, 1.807) is 6.07 Å². The standard InChI is InChI=1S/C20H23NO4/c1-2-14-9-20(23)25-18-10-16(6-7-17(14)18)24-12-19(22)21-11-13-4-3-5-15(21)8-13/h6-7,9-10,13,15H,2-5,8,11-12H2,1H3/t13-,15+/m1/s1. The van der Waals surface area contributed by atoms with Crippen molar-refractivity contribution in [1.29, 1.82) is 0 Å². The van der Waals surface area contributed by atoms with Crippen LogP contribution in [0, 0.1) is 5.92 Å². The SMILES string of the molecule is CCc1cc(=O)oc2cc(OCC(=O)N3C[C@@H]4CCC[C@H]3C4)ccc12. The molecule has 132 valence electrons. The van der Waals surface area contributed by atoms with Gasteiger partial charge in [-0.3, -0.25) is 4.79 Å². The summed E-state index contributed by atoms with van der Waals surface area (Å²) < 4.78 is 11.0. The lowest BCUT2D eigenvalue weighted by Gasteiger charge is -2.24. The van der Waals surface area contributed by atoms with Crippen LogP contribution in [0.4, 0.5) is 0 Å². The Morgan fingerprint density at radius 1 is 1.32 bits per heavy atom. The second-order valence-corrected chi connectivity index (χ2v) is 7.12. The maximum absolute atomic E-state index is 12.5. The molecule has 1 saturated carbocycles. The summed E-state index contributed by atoms with van der Waals surface area (Å²) >= 11 is 0. The smallest absolute Gasteiger partial charge is 0.336 e. The highest BCUT2D eigenvalue weighted by Crippen LogP contribution is 2.35. The Morgan fingerprint density at radius 3 is 3.00 bits per heavy atom. The lowest BCUT2D eigenvalue weighted by molar-refractivity contribution is -0.134. The summed E-state index contributed by atoms with van der Waals surface area (Å²) in [6.45, 7) is 2.91. The number of benzene rings is 1. The molecule has 2 aromatic rings. The second kappa shape index (κ2) is 6.54. The van der Waals surface area contributed by atoms with Crippen LogP contribution in [0.25, 0.3) is 11.0 Å². The fourth-order valence-electron chi connectivity index (χ4n) is 4.26. The molecule has 2 aliphatic rings. The highest BCUT2D eigenvalue weighted by molar-refractivity contribution is 5.82. The molecular weight excluding hydrogens is 318 g/mol. The topological polar surface area (TPSA) is 59.8 Å². The molecule has 1 aromatic heterocycles. The van der Waals surface area contributed by atoms with E-state index in [2.05, 4.69) is 0 Å². The summed E-state index contributed by atoms with van der Waals surface area (Å²) in [7, 11) is 0. The molecule has 4 rings (SSSR count). The molecule has 2 atom stereocenters. The van der Waals surface area contributed by atoms with E-state index in [1.165, 1.54) is 18.9 Å². The van der Waals surface area contributed by atoms with Crippen LogP contribution in [0.1, 0.15) is 38.2 Å². The van der Waals surface area contributed by atoms with Crippen molar-refractivity contribution in [3.63, 3.8) is 0 Å². The molecule has 5 nitrogen and oxygen atoms in total. The monoisotopic (exact) mass is 341 g/mol. The summed E-state index contributed by atoms with van der Waals surface area (Å²) in [5.41, 5.74) is 1.10. The minimum Gasteiger partial charge on any atom is -0.484 e. The molecule has 0 unspecified atom stereocenters. The van der Waals surface area contributed by atoms with E-state index in [1.807, 2.05) is 24.0 Å². The maximum Gasteiger partial charge on any atom is 0.336 e. The summed E-state index contributed by atoms with van der Waals surface area (Å²) in [6, 6.07) is 7.34. The number of aryl methyl sites for hydroxylation is 1. The van der Waals surface area contributed by atoms with Gasteiger partial charge in [-0.25, -0.2) is 4.79 Å². The van der Waals surface area contributed by atoms with Gasteiger partial charge in [0.05, 0.1) is 0 Å². The number of nitrogens with zero attached hydrogens (tertiary/aromatic N) is 1. The third-order valence-corrected chi connectivity index (χ3v) is 5.52. The zero-order chi connectivity index (χ0) is 17.4. The normalized spacial score (nSPS) is 22.4. The van der Waals surface area contributed by atoms with E-state index in [0.717, 1.165) is 36.8 Å². The molecule has 1 aliphatic carbocycles. The van der Waals surface area contributed by atoms with Crippen molar-refractivity contribution in [2.45, 2.75) is 45.1 Å². The molecule has 25 heavy (non-hydrogen) atoms. The van der Waals surface area contributed by atoms with Crippen LogP contribution in [-0.4, -0.2) is 30.0 Å². The number of likely N-dealkylation sites (tertiary alicyclic amines) is 1. The second-order valence-electron chi connectivity index (χ2n) is 7.12. The van der Waals surface area contributed by atoms with Gasteiger partial charge in [-0.15, -0.1) is 0 Å². The van der Waals surface area contributed by atoms with Crippen LogP contribution >= 0.6 is 0 Å². The molecule has 1 amide bonds. The molecule has 0 spiro atoms. The van der Waals surface area contributed by atoms with Crippen molar-refractivity contribution < 1.29 is 13.9 Å². The molecule has 2 heterocycles. The number of hydrogen-bond donors (Lipinski definition) is 0. The van der Waals surface area contributed by atoms with Crippen molar-refractivity contribution in [2.24, 2.45) is 5.92 Å². The lowest BCUT2D eigenvalue weighted by Crippen LogP contribution is -2.38. The summed E-state index contributed by atoms with van der Waals surface area (Å²) in [6.07, 6.45) is 5.49. The van der Waals surface area contributed by atoms with Crippen LogP contribution in [0.2, 0.25) is 0 Å². The average molecular weight is 341 g/mol. The molecular formula is C20H23NO4. The van der Waals surface area contributed by atoms with Crippen molar-refractivity contribution in [2.75, 3.05) is 13.2 Å². The molecule has 2 fully saturated rings. The first kappa shape index (κ1) is 16.2. The Bertz CT molecular complexity index is 856. The van der Waals surface area contributed by atoms with Gasteiger partial charge in [-0.05, 0) is 49.3 Å². The van der Waals surface area contributed by atoms with Gasteiger partial charge >= 0.3 is 5.63 Å². The van der Waals surface area contributed by atoms with Gasteiger partial charge < -0.3 is 14.1 Å². The average Bonchev–Trinajstić information content (AvgIpc) is 2.92. The van der Waals surface area contributed by atoms with Gasteiger partial charge in [0.15, 0.2) is 6.61 Å². The van der Waals surface area contributed by atoms with Crippen LogP contribution < -0.4 is 10.4 Å². The van der Waals surface area contributed by atoms with E-state index < -0.39 is 0 Å². The number of fused-ring (bicyclic) bond motifs is 3. The Hall–Kier alpha value is -2.30. The van der Waals surface area contributed by atoms with Gasteiger partial charge in [0.2, 0.25) is 0 Å². The Morgan fingerprint density at radius 2 is 2.20 bits per heavy atom. The molecule has 0 radical (unpaired) electrons. The van der Waals surface area contributed by atoms with Gasteiger partial charge in [0.1, 0.15) is 11.3 Å². The number of rotatable bonds is 4. The Kier molecular flexibility index (Phi) is 4.24. The predicted molar refractivity (Wildman–Crippen MR) is 94.8 cm³/mol. The molecule has 1 aromatic carbocycles. The van der Waals surface area contributed by atoms with Crippen LogP contribution in [0.5, 0.6) is 5.75 Å². The lowest BCUT2D eigenvalue weighted by atomic mass is 9.90. The number of ether oxygens (including phenoxy) is 1. The van der Waals surface area contributed by atoms with Crippen molar-refractivity contribution >= 4 is 16.9 Å². The fourth-order valence-corrected chi connectivity index (χ4v) is 4.26. The molecule has 1 aliphatic heterocycles. The first-order valence-electron chi connectivity index (χ1n) is 9.13. The van der Waals surface area contributed by atoms with E-state index >= 15 is 0 Å². The quantitative estimate of drug-likeness (QED) is 0.802. The molecule has 2 bridgehead atoms. The van der Waals surface area contributed by atoms with Crippen LogP contribution in [0.15, 0.2) is 33.5 Å².